The minimum absolute atomic E-state index is 0.147. The average Bonchev–Trinajstić information content (AvgIpc) is 3.82. The number of piperazine rings is 1. The van der Waals surface area contributed by atoms with Crippen molar-refractivity contribution in [2.45, 2.75) is 83.1 Å². The van der Waals surface area contributed by atoms with Gasteiger partial charge in [-0.25, -0.2) is 9.78 Å². The summed E-state index contributed by atoms with van der Waals surface area (Å²) in [6.45, 7) is 11.8. The van der Waals surface area contributed by atoms with E-state index in [1.807, 2.05) is 42.6 Å². The van der Waals surface area contributed by atoms with Crippen LogP contribution in [0.5, 0.6) is 5.75 Å². The number of amides is 3. The molecule has 0 N–H and O–H groups in total. The maximum absolute atomic E-state index is 13.9. The molecule has 6 aromatic rings. The highest BCUT2D eigenvalue weighted by Crippen LogP contribution is 2.33. The molecule has 4 saturated heterocycles. The molecule has 7 heterocycles. The van der Waals surface area contributed by atoms with E-state index in [2.05, 4.69) is 102 Å². The number of imidazole rings is 1. The summed E-state index contributed by atoms with van der Waals surface area (Å²) in [7, 11) is 5.46. The van der Waals surface area contributed by atoms with Crippen molar-refractivity contribution >= 4 is 55.7 Å². The summed E-state index contributed by atoms with van der Waals surface area (Å²) in [6, 6.07) is 25.8. The maximum atomic E-state index is 13.9. The number of benzene rings is 3. The van der Waals surface area contributed by atoms with Gasteiger partial charge >= 0.3 is 5.69 Å². The normalized spacial score (nSPS) is 20.7. The van der Waals surface area contributed by atoms with Crippen LogP contribution in [-0.4, -0.2) is 126 Å². The molecular weight excluding hydrogens is 935 g/mol. The van der Waals surface area contributed by atoms with Gasteiger partial charge in [-0.2, -0.15) is 0 Å². The van der Waals surface area contributed by atoms with Gasteiger partial charge in [0.05, 0.1) is 24.7 Å². The van der Waals surface area contributed by atoms with E-state index < -0.39 is 6.04 Å². The molecule has 362 valence electrons. The van der Waals surface area contributed by atoms with Crippen LogP contribution in [0.15, 0.2) is 94.3 Å². The highest BCUT2D eigenvalue weighted by Gasteiger charge is 2.38. The number of hydrogen-bond acceptors (Lipinski definition) is 9. The average molecular weight is 999 g/mol. The fraction of sp³-hybridized carbons (Fsp3) is 0.463. The van der Waals surface area contributed by atoms with E-state index in [1.54, 1.807) is 23.3 Å². The van der Waals surface area contributed by atoms with Crippen molar-refractivity contribution in [1.29, 1.82) is 0 Å². The molecule has 3 aromatic carbocycles. The first-order chi connectivity index (χ1) is 33.4. The number of piperidine rings is 3. The molecule has 0 saturated carbocycles. The molecule has 10 rings (SSSR count). The van der Waals surface area contributed by atoms with Gasteiger partial charge in [0.15, 0.2) is 0 Å². The maximum Gasteiger partial charge on any atom is 0.329 e. The third-order valence-electron chi connectivity index (χ3n) is 15.7. The van der Waals surface area contributed by atoms with E-state index in [1.165, 1.54) is 16.2 Å². The summed E-state index contributed by atoms with van der Waals surface area (Å²) in [4.78, 5) is 69.9. The van der Waals surface area contributed by atoms with Gasteiger partial charge in [-0.15, -0.1) is 0 Å². The Balaban J connectivity index is 0.679. The Morgan fingerprint density at radius 2 is 1.49 bits per heavy atom. The molecule has 0 radical (unpaired) electrons. The summed E-state index contributed by atoms with van der Waals surface area (Å²) in [5.74, 6) is 1.34. The molecule has 4 aliphatic rings. The number of nitrogens with zero attached hydrogens (tertiary/aromatic N) is 9. The standard InChI is InChI=1S/C54H64BrN9O5/c1-36-31-60(32-39-7-14-47-49(29-39)58(3)54(68)64(47)48-15-16-50(65)63(53(48)67)34-37-5-12-44(69-4)13-6-37)27-28-62(36)33-38-18-25-61(26-19-38)52(66)42-10-8-40(9-11-42)41-20-23-59(24-21-41)35-43-30-45-46(55)17-22-56-51(45)57(43)2/h5-14,17,22,29-30,36,38,41,48H,15-16,18-21,23-28,31-35H2,1-4H3/t36-,48?/m0/s1. The molecule has 0 spiro atoms. The molecule has 4 fully saturated rings. The van der Waals surface area contributed by atoms with E-state index in [0.29, 0.717) is 35.6 Å². The van der Waals surface area contributed by atoms with Crippen molar-refractivity contribution in [3.8, 4) is 5.75 Å². The summed E-state index contributed by atoms with van der Waals surface area (Å²) in [5.41, 5.74) is 7.59. The first kappa shape index (κ1) is 47.1. The van der Waals surface area contributed by atoms with Crippen LogP contribution < -0.4 is 10.4 Å². The van der Waals surface area contributed by atoms with Crippen LogP contribution in [0.4, 0.5) is 0 Å². The van der Waals surface area contributed by atoms with E-state index in [-0.39, 0.29) is 36.4 Å². The second-order valence-corrected chi connectivity index (χ2v) is 20.8. The number of halogens is 1. The molecule has 3 aromatic heterocycles. The Hall–Kier alpha value is -5.61. The van der Waals surface area contributed by atoms with Crippen molar-refractivity contribution in [2.75, 3.05) is 59.5 Å². The number of ether oxygens (including phenoxy) is 1. The van der Waals surface area contributed by atoms with Gasteiger partial charge < -0.3 is 14.2 Å². The number of aromatic nitrogens is 4. The van der Waals surface area contributed by atoms with Gasteiger partial charge in [-0.1, -0.05) is 30.3 Å². The Labute approximate surface area is 412 Å². The number of fused-ring (bicyclic) bond motifs is 2. The Morgan fingerprint density at radius 1 is 0.754 bits per heavy atom. The highest BCUT2D eigenvalue weighted by atomic mass is 79.9. The van der Waals surface area contributed by atoms with Crippen LogP contribution in [0.1, 0.15) is 90.2 Å². The van der Waals surface area contributed by atoms with Crippen molar-refractivity contribution in [1.82, 2.24) is 43.2 Å². The van der Waals surface area contributed by atoms with Gasteiger partial charge in [0, 0.05) is 106 Å². The zero-order valence-electron chi connectivity index (χ0n) is 40.4. The number of likely N-dealkylation sites (tertiary alicyclic amines) is 3. The smallest absolute Gasteiger partial charge is 0.329 e. The molecule has 3 amide bonds. The van der Waals surface area contributed by atoms with Crippen LogP contribution in [0.25, 0.3) is 22.1 Å². The highest BCUT2D eigenvalue weighted by molar-refractivity contribution is 9.10. The van der Waals surface area contributed by atoms with Crippen LogP contribution in [0.2, 0.25) is 0 Å². The van der Waals surface area contributed by atoms with Gasteiger partial charge in [-0.05, 0) is 145 Å². The minimum atomic E-state index is -0.753. The number of pyridine rings is 1. The van der Waals surface area contributed by atoms with Crippen LogP contribution in [0, 0.1) is 5.92 Å². The Kier molecular flexibility index (Phi) is 13.7. The predicted octanol–water partition coefficient (Wildman–Crippen LogP) is 7.33. The lowest BCUT2D eigenvalue weighted by molar-refractivity contribution is -0.151. The van der Waals surface area contributed by atoms with Crippen LogP contribution in [0.3, 0.4) is 0 Å². The number of carbonyl (C=O) groups excluding carboxylic acids is 3. The fourth-order valence-corrected chi connectivity index (χ4v) is 11.9. The van der Waals surface area contributed by atoms with E-state index >= 15 is 0 Å². The minimum Gasteiger partial charge on any atom is -0.497 e. The van der Waals surface area contributed by atoms with Crippen LogP contribution >= 0.6 is 15.9 Å². The fourth-order valence-electron chi connectivity index (χ4n) is 11.5. The first-order valence-electron chi connectivity index (χ1n) is 24.8. The van der Waals surface area contributed by atoms with E-state index in [0.717, 1.165) is 129 Å². The number of rotatable bonds is 12. The zero-order valence-corrected chi connectivity index (χ0v) is 41.9. The van der Waals surface area contributed by atoms with Gasteiger partial charge in [-0.3, -0.25) is 43.1 Å². The molecule has 14 nitrogen and oxygen atoms in total. The van der Waals surface area contributed by atoms with E-state index in [4.69, 9.17) is 4.74 Å². The monoisotopic (exact) mass is 997 g/mol. The number of carbonyl (C=O) groups is 3. The predicted molar refractivity (Wildman–Crippen MR) is 271 cm³/mol. The number of hydrogen-bond donors (Lipinski definition) is 0. The zero-order chi connectivity index (χ0) is 47.9. The van der Waals surface area contributed by atoms with Gasteiger partial charge in [0.2, 0.25) is 5.91 Å². The SMILES string of the molecule is COc1ccc(CN2C(=O)CCC(n3c(=O)n(C)c4cc(CN5CCN(CC6CCN(C(=O)c7ccc(C8CCN(Cc9cc%10c(Br)ccnc%10n9C)CC8)cc7)CC6)[C@@H](C)C5)ccc43)C2=O)cc1. The second-order valence-electron chi connectivity index (χ2n) is 20.0. The Bertz CT molecular complexity index is 2910. The summed E-state index contributed by atoms with van der Waals surface area (Å²) in [5, 5.41) is 1.16. The van der Waals surface area contributed by atoms with Crippen LogP contribution in [-0.2, 0) is 43.3 Å². The Morgan fingerprint density at radius 3 is 2.20 bits per heavy atom. The van der Waals surface area contributed by atoms with Crippen molar-refractivity contribution in [3.05, 3.63) is 128 Å². The third kappa shape index (κ3) is 9.67. The van der Waals surface area contributed by atoms with Gasteiger partial charge in [0.1, 0.15) is 17.4 Å². The molecule has 0 bridgehead atoms. The number of methoxy groups -OCH3 is 1. The van der Waals surface area contributed by atoms with E-state index in [9.17, 15) is 19.2 Å². The first-order valence-corrected chi connectivity index (χ1v) is 25.6. The summed E-state index contributed by atoms with van der Waals surface area (Å²) >= 11 is 3.68. The molecule has 4 aliphatic heterocycles. The second kappa shape index (κ2) is 20.0. The summed E-state index contributed by atoms with van der Waals surface area (Å²) in [6.07, 6.45) is 6.59. The van der Waals surface area contributed by atoms with Gasteiger partial charge in [0.25, 0.3) is 11.8 Å². The molecule has 2 atom stereocenters. The quantitative estimate of drug-likeness (QED) is 0.116. The van der Waals surface area contributed by atoms with Crippen molar-refractivity contribution in [3.63, 3.8) is 0 Å². The molecule has 69 heavy (non-hydrogen) atoms. The number of aryl methyl sites for hydroxylation is 2. The lowest BCUT2D eigenvalue weighted by Gasteiger charge is -2.42. The summed E-state index contributed by atoms with van der Waals surface area (Å²) < 4.78 is 11.8. The molecular formula is C54H64BrN9O5. The van der Waals surface area contributed by atoms with Crippen molar-refractivity contribution < 1.29 is 19.1 Å². The topological polar surface area (TPSA) is 121 Å². The van der Waals surface area contributed by atoms with Crippen molar-refractivity contribution in [2.24, 2.45) is 20.0 Å². The lowest BCUT2D eigenvalue weighted by atomic mass is 9.88. The number of imide groups is 1. The third-order valence-corrected chi connectivity index (χ3v) is 16.4. The molecule has 0 aliphatic carbocycles. The largest absolute Gasteiger partial charge is 0.497 e. The molecule has 15 heteroatoms. The lowest BCUT2D eigenvalue weighted by Crippen LogP contribution is -2.53. The molecule has 1 unspecified atom stereocenters.